The molecule has 0 aliphatic carbocycles. The molecule has 0 aliphatic heterocycles. The number of hydrogen-bond acceptors (Lipinski definition) is 4. The fourth-order valence-corrected chi connectivity index (χ4v) is 4.23. The third-order valence-corrected chi connectivity index (χ3v) is 6.22. The van der Waals surface area contributed by atoms with Crippen molar-refractivity contribution in [1.82, 2.24) is 0 Å². The van der Waals surface area contributed by atoms with Gasteiger partial charge in [0.15, 0.2) is 0 Å². The van der Waals surface area contributed by atoms with E-state index in [0.29, 0.717) is 17.5 Å². The monoisotopic (exact) mass is 400 g/mol. The van der Waals surface area contributed by atoms with Crippen molar-refractivity contribution in [3.05, 3.63) is 58.1 Å². The molecule has 0 heterocycles. The van der Waals surface area contributed by atoms with Gasteiger partial charge in [0, 0.05) is 0 Å². The second-order valence-electron chi connectivity index (χ2n) is 5.99. The van der Waals surface area contributed by atoms with Crippen LogP contribution in [0.15, 0.2) is 40.1 Å². The Morgan fingerprint density at radius 2 is 1.27 bits per heavy atom. The Balaban J connectivity index is 0.000000260. The summed E-state index contributed by atoms with van der Waals surface area (Å²) < 4.78 is 61.3. The van der Waals surface area contributed by atoms with Gasteiger partial charge in [-0.05, 0) is 74.1 Å². The average Bonchev–Trinajstić information content (AvgIpc) is 2.51. The molecule has 0 bridgehead atoms. The minimum absolute atomic E-state index is 0.00407. The summed E-state index contributed by atoms with van der Waals surface area (Å²) in [5.41, 5.74) is 4.10. The molecule has 2 N–H and O–H groups in total. The number of hydrogen-bond donors (Lipinski definition) is 2. The molecule has 0 saturated carbocycles. The minimum Gasteiger partial charge on any atom is -0.282 e. The summed E-state index contributed by atoms with van der Waals surface area (Å²) in [7, 11) is -8.14. The van der Waals surface area contributed by atoms with Crippen molar-refractivity contribution >= 4 is 20.2 Å². The lowest BCUT2D eigenvalue weighted by Crippen LogP contribution is -2.03. The Hall–Kier alpha value is -1.74. The van der Waals surface area contributed by atoms with Crippen LogP contribution in [-0.2, 0) is 26.7 Å². The third kappa shape index (κ3) is 5.38. The Bertz CT molecular complexity index is 1010. The Labute approximate surface area is 155 Å². The van der Waals surface area contributed by atoms with Gasteiger partial charge in [-0.25, -0.2) is 0 Å². The maximum Gasteiger partial charge on any atom is 0.294 e. The molecule has 2 aromatic carbocycles. The van der Waals surface area contributed by atoms with Gasteiger partial charge >= 0.3 is 0 Å². The second-order valence-corrected chi connectivity index (χ2v) is 8.77. The SMILES string of the molecule is CCc1c(C)cccc1S(=O)(=O)O.Cc1ccc(S(=O)(=O)O)c(C)c1C. The molecule has 0 unspecified atom stereocenters. The first-order valence-corrected chi connectivity index (χ1v) is 10.8. The lowest BCUT2D eigenvalue weighted by Gasteiger charge is -2.07. The van der Waals surface area contributed by atoms with E-state index < -0.39 is 20.2 Å². The zero-order chi connectivity index (χ0) is 20.3. The molecule has 8 heteroatoms. The minimum atomic E-state index is -4.07. The van der Waals surface area contributed by atoms with E-state index >= 15 is 0 Å². The summed E-state index contributed by atoms with van der Waals surface area (Å²) in [6.07, 6.45) is 0.599. The maximum atomic E-state index is 10.9. The third-order valence-electron chi connectivity index (χ3n) is 4.28. The molecular weight excluding hydrogens is 376 g/mol. The van der Waals surface area contributed by atoms with E-state index in [4.69, 9.17) is 9.11 Å². The van der Waals surface area contributed by atoms with E-state index in [1.54, 1.807) is 19.1 Å². The Kier molecular flexibility index (Phi) is 7.12. The molecule has 0 saturated heterocycles. The number of aryl methyl sites for hydroxylation is 2. The largest absolute Gasteiger partial charge is 0.294 e. The summed E-state index contributed by atoms with van der Waals surface area (Å²) in [5.74, 6) is 0. The summed E-state index contributed by atoms with van der Waals surface area (Å²) in [6, 6.07) is 7.98. The lowest BCUT2D eigenvalue weighted by molar-refractivity contribution is 0.480. The van der Waals surface area contributed by atoms with E-state index in [1.165, 1.54) is 12.1 Å². The highest BCUT2D eigenvalue weighted by Gasteiger charge is 2.15. The van der Waals surface area contributed by atoms with Gasteiger partial charge in [-0.1, -0.05) is 25.1 Å². The van der Waals surface area contributed by atoms with Crippen LogP contribution in [0, 0.1) is 27.7 Å². The smallest absolute Gasteiger partial charge is 0.282 e. The van der Waals surface area contributed by atoms with E-state index in [-0.39, 0.29) is 9.79 Å². The molecule has 2 aromatic rings. The van der Waals surface area contributed by atoms with E-state index in [1.807, 2.05) is 33.8 Å². The van der Waals surface area contributed by atoms with Crippen molar-refractivity contribution in [2.24, 2.45) is 0 Å². The molecule has 6 nitrogen and oxygen atoms in total. The second kappa shape index (κ2) is 8.30. The molecule has 2 rings (SSSR count). The zero-order valence-electron chi connectivity index (χ0n) is 15.4. The van der Waals surface area contributed by atoms with Crippen molar-refractivity contribution in [2.45, 2.75) is 50.8 Å². The molecule has 144 valence electrons. The van der Waals surface area contributed by atoms with Crippen LogP contribution in [0.3, 0.4) is 0 Å². The highest BCUT2D eigenvalue weighted by Crippen LogP contribution is 2.21. The van der Waals surface area contributed by atoms with Gasteiger partial charge < -0.3 is 0 Å². The number of benzene rings is 2. The molecule has 0 atom stereocenters. The highest BCUT2D eigenvalue weighted by molar-refractivity contribution is 7.86. The summed E-state index contributed by atoms with van der Waals surface area (Å²) >= 11 is 0. The van der Waals surface area contributed by atoms with Crippen LogP contribution in [0.5, 0.6) is 0 Å². The Morgan fingerprint density at radius 1 is 0.731 bits per heavy atom. The molecule has 0 aliphatic rings. The average molecular weight is 401 g/mol. The zero-order valence-corrected chi connectivity index (χ0v) is 17.1. The van der Waals surface area contributed by atoms with Crippen molar-refractivity contribution in [3.63, 3.8) is 0 Å². The standard InChI is InChI=1S/2C9H12O3S/c1-6-4-5-9(13(10,11)12)8(3)7(6)2;1-3-8-7(2)5-4-6-9(8)13(10,11)12/h4-5H,1-3H3,(H,10,11,12);4-6H,3H2,1-2H3,(H,10,11,12). The van der Waals surface area contributed by atoms with Crippen LogP contribution >= 0.6 is 0 Å². The molecule has 0 amide bonds. The first-order chi connectivity index (χ1) is 11.8. The molecule has 0 radical (unpaired) electrons. The predicted molar refractivity (Wildman–Crippen MR) is 101 cm³/mol. The highest BCUT2D eigenvalue weighted by atomic mass is 32.2. The molecule has 26 heavy (non-hydrogen) atoms. The molecule has 0 aromatic heterocycles. The maximum absolute atomic E-state index is 10.9. The van der Waals surface area contributed by atoms with E-state index in [9.17, 15) is 16.8 Å². The first-order valence-electron chi connectivity index (χ1n) is 7.91. The summed E-state index contributed by atoms with van der Waals surface area (Å²) in [5, 5.41) is 0. The van der Waals surface area contributed by atoms with Crippen molar-refractivity contribution < 1.29 is 25.9 Å². The van der Waals surface area contributed by atoms with Crippen LogP contribution in [0.1, 0.15) is 34.7 Å². The van der Waals surface area contributed by atoms with Crippen LogP contribution in [0.25, 0.3) is 0 Å². The number of rotatable bonds is 3. The molecular formula is C18H24O6S2. The van der Waals surface area contributed by atoms with Gasteiger partial charge in [-0.15, -0.1) is 0 Å². The van der Waals surface area contributed by atoms with E-state index in [2.05, 4.69) is 0 Å². The molecule has 0 fully saturated rings. The fraction of sp³-hybridized carbons (Fsp3) is 0.333. The topological polar surface area (TPSA) is 109 Å². The fourth-order valence-electron chi connectivity index (χ4n) is 2.58. The van der Waals surface area contributed by atoms with Gasteiger partial charge in [-0.3, -0.25) is 9.11 Å². The predicted octanol–water partition coefficient (Wildman–Crippen LogP) is 3.66. The van der Waals surface area contributed by atoms with Crippen molar-refractivity contribution in [3.8, 4) is 0 Å². The van der Waals surface area contributed by atoms with Crippen LogP contribution in [0.2, 0.25) is 0 Å². The van der Waals surface area contributed by atoms with Crippen molar-refractivity contribution in [2.75, 3.05) is 0 Å². The quantitative estimate of drug-likeness (QED) is 0.761. The van der Waals surface area contributed by atoms with Gasteiger partial charge in [0.2, 0.25) is 0 Å². The van der Waals surface area contributed by atoms with Crippen LogP contribution < -0.4 is 0 Å². The van der Waals surface area contributed by atoms with E-state index in [0.717, 1.165) is 16.7 Å². The van der Waals surface area contributed by atoms with Gasteiger partial charge in [0.05, 0.1) is 9.79 Å². The van der Waals surface area contributed by atoms with Gasteiger partial charge in [0.1, 0.15) is 0 Å². The van der Waals surface area contributed by atoms with Crippen LogP contribution in [0.4, 0.5) is 0 Å². The van der Waals surface area contributed by atoms with Crippen LogP contribution in [-0.4, -0.2) is 25.9 Å². The summed E-state index contributed by atoms with van der Waals surface area (Å²) in [6.45, 7) is 9.10. The van der Waals surface area contributed by atoms with Crippen molar-refractivity contribution in [1.29, 1.82) is 0 Å². The molecule has 0 spiro atoms. The van der Waals surface area contributed by atoms with Gasteiger partial charge in [0.25, 0.3) is 20.2 Å². The normalized spacial score (nSPS) is 11.7. The van der Waals surface area contributed by atoms with Gasteiger partial charge in [-0.2, -0.15) is 16.8 Å². The lowest BCUT2D eigenvalue weighted by atomic mass is 10.1. The first kappa shape index (κ1) is 22.3. The Morgan fingerprint density at radius 3 is 1.69 bits per heavy atom. The summed E-state index contributed by atoms with van der Waals surface area (Å²) in [4.78, 5) is 0.0191.